The lowest BCUT2D eigenvalue weighted by Gasteiger charge is -2.09. The number of anilines is 1. The first-order valence-electron chi connectivity index (χ1n) is 6.76. The second-order valence-electron chi connectivity index (χ2n) is 4.88. The standard InChI is InChI=1S/C17H18N2O2.CH4/c1-12-10-15(8-9-16(12)13(2)20)19-17(21)18-11-14-6-4-3-5-7-14;/h3-10H,11H2,1-2H3,(H2,18,19,21);1H4. The second-order valence-corrected chi connectivity index (χ2v) is 4.88. The van der Waals surface area contributed by atoms with Crippen molar-refractivity contribution in [1.29, 1.82) is 0 Å². The van der Waals surface area contributed by atoms with Crippen LogP contribution in [0.25, 0.3) is 0 Å². The number of Topliss-reactive ketones (excluding diaryl/α,β-unsaturated/α-hetero) is 1. The van der Waals surface area contributed by atoms with E-state index in [0.717, 1.165) is 11.1 Å². The van der Waals surface area contributed by atoms with Crippen LogP contribution in [-0.2, 0) is 6.54 Å². The van der Waals surface area contributed by atoms with Crippen molar-refractivity contribution in [2.75, 3.05) is 5.32 Å². The zero-order chi connectivity index (χ0) is 15.2. The zero-order valence-electron chi connectivity index (χ0n) is 12.1. The number of carbonyl (C=O) groups excluding carboxylic acids is 2. The van der Waals surface area contributed by atoms with Crippen molar-refractivity contribution in [3.8, 4) is 0 Å². The first-order valence-corrected chi connectivity index (χ1v) is 6.76. The molecule has 0 bridgehead atoms. The fourth-order valence-electron chi connectivity index (χ4n) is 2.09. The molecule has 0 fully saturated rings. The maximum atomic E-state index is 11.8. The number of rotatable bonds is 4. The van der Waals surface area contributed by atoms with Gasteiger partial charge in [-0.05, 0) is 43.2 Å². The number of aryl methyl sites for hydroxylation is 1. The van der Waals surface area contributed by atoms with Crippen LogP contribution in [-0.4, -0.2) is 11.8 Å². The lowest BCUT2D eigenvalue weighted by atomic mass is 10.1. The van der Waals surface area contributed by atoms with Crippen molar-refractivity contribution < 1.29 is 9.59 Å². The van der Waals surface area contributed by atoms with Crippen LogP contribution in [0.2, 0.25) is 0 Å². The monoisotopic (exact) mass is 298 g/mol. The summed E-state index contributed by atoms with van der Waals surface area (Å²) < 4.78 is 0. The van der Waals surface area contributed by atoms with E-state index in [2.05, 4.69) is 10.6 Å². The van der Waals surface area contributed by atoms with Gasteiger partial charge in [0.05, 0.1) is 0 Å². The van der Waals surface area contributed by atoms with Gasteiger partial charge < -0.3 is 10.6 Å². The Morgan fingerprint density at radius 2 is 1.73 bits per heavy atom. The summed E-state index contributed by atoms with van der Waals surface area (Å²) in [4.78, 5) is 23.2. The molecule has 2 rings (SSSR count). The summed E-state index contributed by atoms with van der Waals surface area (Å²) in [6, 6.07) is 14.7. The van der Waals surface area contributed by atoms with Crippen molar-refractivity contribution >= 4 is 17.5 Å². The SMILES string of the molecule is C.CC(=O)c1ccc(NC(=O)NCc2ccccc2)cc1C. The highest BCUT2D eigenvalue weighted by Gasteiger charge is 2.06. The summed E-state index contributed by atoms with van der Waals surface area (Å²) in [5.74, 6) is 0.0209. The zero-order valence-corrected chi connectivity index (χ0v) is 12.1. The molecule has 0 saturated carbocycles. The fourth-order valence-corrected chi connectivity index (χ4v) is 2.09. The number of amides is 2. The lowest BCUT2D eigenvalue weighted by Crippen LogP contribution is -2.28. The average molecular weight is 298 g/mol. The topological polar surface area (TPSA) is 58.2 Å². The molecular weight excluding hydrogens is 276 g/mol. The van der Waals surface area contributed by atoms with Crippen LogP contribution in [0.15, 0.2) is 48.5 Å². The molecule has 0 aromatic heterocycles. The molecule has 0 unspecified atom stereocenters. The minimum Gasteiger partial charge on any atom is -0.334 e. The highest BCUT2D eigenvalue weighted by Crippen LogP contribution is 2.15. The number of hydrogen-bond donors (Lipinski definition) is 2. The van der Waals surface area contributed by atoms with E-state index in [-0.39, 0.29) is 19.2 Å². The van der Waals surface area contributed by atoms with Gasteiger partial charge in [-0.1, -0.05) is 37.8 Å². The highest BCUT2D eigenvalue weighted by atomic mass is 16.2. The molecule has 2 aromatic carbocycles. The van der Waals surface area contributed by atoms with Gasteiger partial charge in [-0.3, -0.25) is 4.79 Å². The van der Waals surface area contributed by atoms with Crippen molar-refractivity contribution in [2.24, 2.45) is 0 Å². The molecular formula is C18H22N2O2. The number of carbonyl (C=O) groups is 2. The van der Waals surface area contributed by atoms with E-state index in [4.69, 9.17) is 0 Å². The van der Waals surface area contributed by atoms with Crippen LogP contribution in [0.3, 0.4) is 0 Å². The molecule has 22 heavy (non-hydrogen) atoms. The van der Waals surface area contributed by atoms with Gasteiger partial charge in [0.15, 0.2) is 5.78 Å². The van der Waals surface area contributed by atoms with Crippen LogP contribution in [0.1, 0.15) is 35.8 Å². The van der Waals surface area contributed by atoms with Gasteiger partial charge in [-0.15, -0.1) is 0 Å². The summed E-state index contributed by atoms with van der Waals surface area (Å²) >= 11 is 0. The predicted molar refractivity (Wildman–Crippen MR) is 90.2 cm³/mol. The number of nitrogens with one attached hydrogen (secondary N) is 2. The third-order valence-electron chi connectivity index (χ3n) is 3.16. The average Bonchev–Trinajstić information content (AvgIpc) is 2.46. The Bertz CT molecular complexity index is 651. The van der Waals surface area contributed by atoms with E-state index < -0.39 is 0 Å². The summed E-state index contributed by atoms with van der Waals surface area (Å²) in [7, 11) is 0. The van der Waals surface area contributed by atoms with Crippen molar-refractivity contribution in [3.05, 3.63) is 65.2 Å². The molecule has 0 saturated heterocycles. The molecule has 0 heterocycles. The Morgan fingerprint density at radius 1 is 1.05 bits per heavy atom. The molecule has 4 heteroatoms. The minimum atomic E-state index is -0.270. The molecule has 0 aliphatic carbocycles. The van der Waals surface area contributed by atoms with E-state index in [0.29, 0.717) is 17.8 Å². The van der Waals surface area contributed by atoms with E-state index in [1.807, 2.05) is 37.3 Å². The van der Waals surface area contributed by atoms with Gasteiger partial charge in [0, 0.05) is 17.8 Å². The summed E-state index contributed by atoms with van der Waals surface area (Å²) in [5.41, 5.74) is 3.23. The number of hydrogen-bond acceptors (Lipinski definition) is 2. The molecule has 0 spiro atoms. The Kier molecular flexibility index (Phi) is 6.32. The minimum absolute atomic E-state index is 0. The predicted octanol–water partition coefficient (Wildman–Crippen LogP) is 4.16. The molecule has 2 N–H and O–H groups in total. The molecule has 0 atom stereocenters. The van der Waals surface area contributed by atoms with Gasteiger partial charge in [-0.2, -0.15) is 0 Å². The van der Waals surface area contributed by atoms with Crippen LogP contribution in [0, 0.1) is 6.92 Å². The first-order chi connectivity index (χ1) is 10.1. The summed E-state index contributed by atoms with van der Waals surface area (Å²) in [6.45, 7) is 3.85. The third kappa shape index (κ3) is 4.74. The van der Waals surface area contributed by atoms with Crippen molar-refractivity contribution in [2.45, 2.75) is 27.8 Å². The maximum Gasteiger partial charge on any atom is 0.319 e. The number of urea groups is 1. The third-order valence-corrected chi connectivity index (χ3v) is 3.16. The molecule has 0 radical (unpaired) electrons. The van der Waals surface area contributed by atoms with E-state index in [1.165, 1.54) is 6.92 Å². The Hall–Kier alpha value is -2.62. The van der Waals surface area contributed by atoms with Crippen molar-refractivity contribution in [1.82, 2.24) is 5.32 Å². The van der Waals surface area contributed by atoms with Crippen molar-refractivity contribution in [3.63, 3.8) is 0 Å². The first kappa shape index (κ1) is 17.4. The molecule has 0 aliphatic rings. The van der Waals surface area contributed by atoms with Crippen LogP contribution in [0.4, 0.5) is 10.5 Å². The van der Waals surface area contributed by atoms with Gasteiger partial charge in [0.25, 0.3) is 0 Å². The smallest absolute Gasteiger partial charge is 0.319 e. The van der Waals surface area contributed by atoms with Gasteiger partial charge in [0.1, 0.15) is 0 Å². The van der Waals surface area contributed by atoms with Crippen LogP contribution in [0.5, 0.6) is 0 Å². The number of ketones is 1. The Morgan fingerprint density at radius 3 is 2.32 bits per heavy atom. The molecule has 0 aliphatic heterocycles. The van der Waals surface area contributed by atoms with E-state index in [1.54, 1.807) is 18.2 Å². The van der Waals surface area contributed by atoms with E-state index in [9.17, 15) is 9.59 Å². The molecule has 116 valence electrons. The van der Waals surface area contributed by atoms with Crippen LogP contribution >= 0.6 is 0 Å². The Labute approximate surface area is 131 Å². The highest BCUT2D eigenvalue weighted by molar-refractivity contribution is 5.96. The second kappa shape index (κ2) is 7.98. The summed E-state index contributed by atoms with van der Waals surface area (Å²) in [5, 5.41) is 5.55. The van der Waals surface area contributed by atoms with Gasteiger partial charge >= 0.3 is 6.03 Å². The number of benzene rings is 2. The molecule has 4 nitrogen and oxygen atoms in total. The quantitative estimate of drug-likeness (QED) is 0.833. The largest absolute Gasteiger partial charge is 0.334 e. The normalized spacial score (nSPS) is 9.55. The molecule has 2 aromatic rings. The maximum absolute atomic E-state index is 11.8. The Balaban J connectivity index is 0.00000242. The van der Waals surface area contributed by atoms with Crippen LogP contribution < -0.4 is 10.6 Å². The van der Waals surface area contributed by atoms with Gasteiger partial charge in [-0.25, -0.2) is 4.79 Å². The van der Waals surface area contributed by atoms with E-state index >= 15 is 0 Å². The molecule has 2 amide bonds. The fraction of sp³-hybridized carbons (Fsp3) is 0.222. The van der Waals surface area contributed by atoms with Gasteiger partial charge in [0.2, 0.25) is 0 Å². The lowest BCUT2D eigenvalue weighted by molar-refractivity contribution is 0.101. The summed E-state index contributed by atoms with van der Waals surface area (Å²) in [6.07, 6.45) is 0.